The second kappa shape index (κ2) is 13.6. The number of benzene rings is 3. The molecule has 1 aliphatic rings. The number of hydrogen-bond acceptors (Lipinski definition) is 7. The van der Waals surface area contributed by atoms with E-state index in [1.165, 1.54) is 0 Å². The van der Waals surface area contributed by atoms with E-state index in [9.17, 15) is 4.79 Å². The summed E-state index contributed by atoms with van der Waals surface area (Å²) in [5, 5.41) is 8.97. The Morgan fingerprint density at radius 1 is 1.10 bits per heavy atom. The zero-order chi connectivity index (χ0) is 27.5. The number of para-hydroxylation sites is 1. The van der Waals surface area contributed by atoms with Crippen molar-refractivity contribution in [3.05, 3.63) is 108 Å². The van der Waals surface area contributed by atoms with Gasteiger partial charge in [-0.25, -0.2) is 10.4 Å². The van der Waals surface area contributed by atoms with Gasteiger partial charge in [-0.1, -0.05) is 54.6 Å². The summed E-state index contributed by atoms with van der Waals surface area (Å²) in [5.74, 6) is 1.55. The molecule has 0 saturated carbocycles. The van der Waals surface area contributed by atoms with Crippen LogP contribution in [0.5, 0.6) is 11.5 Å². The van der Waals surface area contributed by atoms with Gasteiger partial charge in [0, 0.05) is 31.6 Å². The molecule has 0 bridgehead atoms. The van der Waals surface area contributed by atoms with Crippen molar-refractivity contribution >= 4 is 11.8 Å². The Balaban J connectivity index is 1.54. The Labute approximate surface area is 229 Å². The highest BCUT2D eigenvalue weighted by molar-refractivity contribution is 6.01. The fraction of sp³-hybridized carbons (Fsp3) is 0.290. The summed E-state index contributed by atoms with van der Waals surface area (Å²) < 4.78 is 17.5. The second-order valence-electron chi connectivity index (χ2n) is 9.14. The lowest BCUT2D eigenvalue weighted by molar-refractivity contribution is -0.129. The lowest BCUT2D eigenvalue weighted by Gasteiger charge is -2.29. The van der Waals surface area contributed by atoms with E-state index in [2.05, 4.69) is 17.4 Å². The molecule has 204 valence electrons. The van der Waals surface area contributed by atoms with Crippen molar-refractivity contribution < 1.29 is 24.1 Å². The zero-order valence-electron chi connectivity index (χ0n) is 22.1. The van der Waals surface area contributed by atoms with E-state index in [4.69, 9.17) is 24.3 Å². The topological polar surface area (TPSA) is 101 Å². The molecule has 0 unspecified atom stereocenters. The third-order valence-corrected chi connectivity index (χ3v) is 6.50. The molecule has 3 N–H and O–H groups in total. The first-order valence-corrected chi connectivity index (χ1v) is 13.0. The van der Waals surface area contributed by atoms with Crippen molar-refractivity contribution in [2.75, 3.05) is 26.9 Å². The van der Waals surface area contributed by atoms with Gasteiger partial charge in [0.15, 0.2) is 11.6 Å². The number of nitrogens with zero attached hydrogens (tertiary/aromatic N) is 1. The van der Waals surface area contributed by atoms with Crippen molar-refractivity contribution in [1.82, 2.24) is 10.9 Å². The third-order valence-electron chi connectivity index (χ3n) is 6.50. The highest BCUT2D eigenvalue weighted by Crippen LogP contribution is 2.42. The van der Waals surface area contributed by atoms with Gasteiger partial charge >= 0.3 is 0 Å². The van der Waals surface area contributed by atoms with Crippen molar-refractivity contribution in [3.63, 3.8) is 0 Å². The zero-order valence-corrected chi connectivity index (χ0v) is 22.1. The maximum Gasteiger partial charge on any atom is 0.266 e. The normalized spacial score (nSPS) is 18.1. The van der Waals surface area contributed by atoms with Crippen LogP contribution >= 0.6 is 0 Å². The van der Waals surface area contributed by atoms with Crippen LogP contribution in [0.25, 0.3) is 0 Å². The summed E-state index contributed by atoms with van der Waals surface area (Å²) >= 11 is 0. The molecule has 1 amide bonds. The van der Waals surface area contributed by atoms with Crippen LogP contribution < -0.4 is 20.3 Å². The minimum absolute atomic E-state index is 0.0758. The first kappa shape index (κ1) is 27.9. The minimum Gasteiger partial charge on any atom is -0.496 e. The average Bonchev–Trinajstić information content (AvgIpc) is 3.37. The van der Waals surface area contributed by atoms with Crippen LogP contribution in [0.3, 0.4) is 0 Å². The number of hydrogen-bond donors (Lipinski definition) is 3. The van der Waals surface area contributed by atoms with E-state index in [1.807, 2.05) is 78.9 Å². The van der Waals surface area contributed by atoms with E-state index >= 15 is 0 Å². The van der Waals surface area contributed by atoms with E-state index < -0.39 is 11.6 Å². The average molecular weight is 530 g/mol. The lowest BCUT2D eigenvalue weighted by Crippen LogP contribution is -2.52. The molecular formula is C31H35N3O5. The molecule has 3 aromatic rings. The van der Waals surface area contributed by atoms with E-state index in [0.29, 0.717) is 37.6 Å². The van der Waals surface area contributed by atoms with Crippen LogP contribution in [0.1, 0.15) is 35.6 Å². The number of methoxy groups -OCH3 is 1. The second-order valence-corrected chi connectivity index (χ2v) is 9.14. The molecule has 0 spiro atoms. The molecule has 3 aromatic carbocycles. The number of ether oxygens (including phenoxy) is 3. The number of hydrazine groups is 1. The summed E-state index contributed by atoms with van der Waals surface area (Å²) in [6, 6.07) is 24.8. The maximum absolute atomic E-state index is 13.8. The van der Waals surface area contributed by atoms with Gasteiger partial charge in [-0.15, -0.1) is 6.58 Å². The Bertz CT molecular complexity index is 1260. The van der Waals surface area contributed by atoms with Crippen LogP contribution in [0.4, 0.5) is 0 Å². The fourth-order valence-corrected chi connectivity index (χ4v) is 4.52. The summed E-state index contributed by atoms with van der Waals surface area (Å²) in [6.07, 6.45) is 2.54. The van der Waals surface area contributed by atoms with Gasteiger partial charge in [-0.05, 0) is 47.9 Å². The van der Waals surface area contributed by atoms with Crippen molar-refractivity contribution in [2.24, 2.45) is 4.99 Å². The monoisotopic (exact) mass is 529 g/mol. The summed E-state index contributed by atoms with van der Waals surface area (Å²) in [6.45, 7) is 4.91. The predicted molar refractivity (Wildman–Crippen MR) is 151 cm³/mol. The molecule has 4 rings (SSSR count). The summed E-state index contributed by atoms with van der Waals surface area (Å²) in [4.78, 5) is 18.7. The quantitative estimate of drug-likeness (QED) is 0.165. The van der Waals surface area contributed by atoms with Crippen molar-refractivity contribution in [3.8, 4) is 11.5 Å². The van der Waals surface area contributed by atoms with E-state index in [0.717, 1.165) is 22.4 Å². The van der Waals surface area contributed by atoms with Gasteiger partial charge in [-0.3, -0.25) is 10.2 Å². The molecule has 8 heteroatoms. The maximum atomic E-state index is 13.8. The van der Waals surface area contributed by atoms with Crippen LogP contribution in [0, 0.1) is 0 Å². The molecule has 8 nitrogen and oxygen atoms in total. The Morgan fingerprint density at radius 2 is 1.85 bits per heavy atom. The van der Waals surface area contributed by atoms with Crippen molar-refractivity contribution in [1.29, 1.82) is 0 Å². The SMILES string of the molecule is C=CC[C@]1(C(=O)NNCCc2ccccc2OC)N=C(c2ccc(OCCCO)cc2)O[C@H]1c1ccccc1. The Kier molecular flexibility index (Phi) is 9.72. The Morgan fingerprint density at radius 3 is 2.56 bits per heavy atom. The number of carbonyl (C=O) groups is 1. The largest absolute Gasteiger partial charge is 0.496 e. The third kappa shape index (κ3) is 6.66. The molecule has 39 heavy (non-hydrogen) atoms. The van der Waals surface area contributed by atoms with Crippen LogP contribution in [0.15, 0.2) is 96.5 Å². The minimum atomic E-state index is -1.26. The highest BCUT2D eigenvalue weighted by atomic mass is 16.5. The van der Waals surface area contributed by atoms with Gasteiger partial charge < -0.3 is 19.3 Å². The van der Waals surface area contributed by atoms with Gasteiger partial charge in [0.05, 0.1) is 13.7 Å². The molecule has 1 heterocycles. The Hall–Kier alpha value is -4.14. The van der Waals surface area contributed by atoms with Crippen LogP contribution in [-0.2, 0) is 16.0 Å². The summed E-state index contributed by atoms with van der Waals surface area (Å²) in [5.41, 5.74) is 7.27. The molecule has 0 aliphatic carbocycles. The first-order chi connectivity index (χ1) is 19.1. The molecule has 1 aliphatic heterocycles. The molecule has 0 saturated heterocycles. The van der Waals surface area contributed by atoms with Crippen LogP contribution in [-0.4, -0.2) is 49.3 Å². The molecule has 0 radical (unpaired) electrons. The van der Waals surface area contributed by atoms with E-state index in [-0.39, 0.29) is 18.9 Å². The van der Waals surface area contributed by atoms with Gasteiger partial charge in [0.2, 0.25) is 5.90 Å². The number of rotatable bonds is 14. The molecule has 2 atom stereocenters. The smallest absolute Gasteiger partial charge is 0.266 e. The van der Waals surface area contributed by atoms with Gasteiger partial charge in [-0.2, -0.15) is 0 Å². The van der Waals surface area contributed by atoms with Gasteiger partial charge in [0.25, 0.3) is 5.91 Å². The number of aliphatic imine (C=N–C) groups is 1. The van der Waals surface area contributed by atoms with Crippen LogP contribution in [0.2, 0.25) is 0 Å². The number of carbonyl (C=O) groups excluding carboxylic acids is 1. The van der Waals surface area contributed by atoms with E-state index in [1.54, 1.807) is 13.2 Å². The molecule has 0 aromatic heterocycles. The molecule has 0 fully saturated rings. The lowest BCUT2D eigenvalue weighted by atomic mass is 9.84. The summed E-state index contributed by atoms with van der Waals surface area (Å²) in [7, 11) is 1.64. The van der Waals surface area contributed by atoms with Gasteiger partial charge in [0.1, 0.15) is 11.5 Å². The number of aliphatic hydroxyl groups excluding tert-OH is 1. The van der Waals surface area contributed by atoms with Crippen molar-refractivity contribution in [2.45, 2.75) is 30.9 Å². The molecular weight excluding hydrogens is 494 g/mol. The highest BCUT2D eigenvalue weighted by Gasteiger charge is 2.52. The predicted octanol–water partition coefficient (Wildman–Crippen LogP) is 4.15. The first-order valence-electron chi connectivity index (χ1n) is 13.0. The number of nitrogens with one attached hydrogen (secondary N) is 2. The number of amides is 1. The number of aliphatic hydroxyl groups is 1. The standard InChI is InChI=1S/C31H35N3O5/c1-3-19-31(30(36)34-32-20-18-23-10-7-8-13-27(23)37-2)28(24-11-5-4-6-12-24)39-29(33-31)25-14-16-26(17-15-25)38-22-9-21-35/h3-8,10-17,28,32,35H,1,9,18-22H2,2H3,(H,34,36)/t28-,31-/m0/s1. The fourth-order valence-electron chi connectivity index (χ4n) is 4.52.